The van der Waals surface area contributed by atoms with E-state index in [9.17, 15) is 4.79 Å². The first-order chi connectivity index (χ1) is 16.3. The molecule has 0 spiro atoms. The Kier molecular flexibility index (Phi) is 7.37. The van der Waals surface area contributed by atoms with Crippen LogP contribution in [0, 0.1) is 0 Å². The van der Waals surface area contributed by atoms with Gasteiger partial charge in [0, 0.05) is 19.1 Å². The molecule has 3 saturated heterocycles. The highest BCUT2D eigenvalue weighted by Gasteiger charge is 2.49. The minimum Gasteiger partial charge on any atom is -0.353 e. The van der Waals surface area contributed by atoms with Crippen LogP contribution in [-0.2, 0) is 23.7 Å². The van der Waals surface area contributed by atoms with Crippen LogP contribution < -0.4 is 5.32 Å². The molecule has 2 aromatic rings. The first-order valence-corrected chi connectivity index (χ1v) is 12.2. The van der Waals surface area contributed by atoms with Crippen molar-refractivity contribution in [3.63, 3.8) is 0 Å². The molecule has 6 heteroatoms. The van der Waals surface area contributed by atoms with E-state index in [1.165, 1.54) is 0 Å². The van der Waals surface area contributed by atoms with Gasteiger partial charge >= 0.3 is 0 Å². The monoisotopic (exact) mass is 451 g/mol. The molecule has 0 aromatic heterocycles. The lowest BCUT2D eigenvalue weighted by atomic mass is 9.85. The van der Waals surface area contributed by atoms with Gasteiger partial charge in [-0.2, -0.15) is 0 Å². The van der Waals surface area contributed by atoms with Gasteiger partial charge in [0.05, 0.1) is 6.04 Å². The van der Waals surface area contributed by atoms with Crippen molar-refractivity contribution in [2.45, 2.75) is 75.3 Å². The Balaban J connectivity index is 1.47. The zero-order chi connectivity index (χ0) is 22.5. The van der Waals surface area contributed by atoms with Crippen LogP contribution in [0.2, 0.25) is 0 Å². The number of amides is 1. The van der Waals surface area contributed by atoms with Gasteiger partial charge in [0.1, 0.15) is 12.2 Å². The van der Waals surface area contributed by atoms with Crippen molar-refractivity contribution in [3.05, 3.63) is 71.8 Å². The predicted molar refractivity (Wildman–Crippen MR) is 123 cm³/mol. The van der Waals surface area contributed by atoms with Crippen LogP contribution in [0.3, 0.4) is 0 Å². The van der Waals surface area contributed by atoms with E-state index in [-0.39, 0.29) is 36.6 Å². The average Bonchev–Trinajstić information content (AvgIpc) is 3.20. The van der Waals surface area contributed by atoms with E-state index in [1.54, 1.807) is 0 Å². The van der Waals surface area contributed by atoms with Crippen molar-refractivity contribution in [1.82, 2.24) is 5.32 Å². The topological polar surface area (TPSA) is 66.0 Å². The third-order valence-electron chi connectivity index (χ3n) is 6.79. The lowest BCUT2D eigenvalue weighted by Crippen LogP contribution is -2.39. The molecule has 3 aliphatic heterocycles. The largest absolute Gasteiger partial charge is 0.353 e. The van der Waals surface area contributed by atoms with Gasteiger partial charge < -0.3 is 24.3 Å². The Hall–Kier alpha value is -2.25. The molecule has 5 rings (SSSR count). The molecule has 3 heterocycles. The highest BCUT2D eigenvalue weighted by atomic mass is 16.7. The van der Waals surface area contributed by atoms with Crippen molar-refractivity contribution in [2.24, 2.45) is 0 Å². The maximum Gasteiger partial charge on any atom is 0.250 e. The minimum absolute atomic E-state index is 0.114. The number of hydrogen-bond donors (Lipinski definition) is 1. The number of rotatable bonds is 7. The lowest BCUT2D eigenvalue weighted by Gasteiger charge is -2.35. The smallest absolute Gasteiger partial charge is 0.250 e. The fraction of sp³-hybridized carbons (Fsp3) is 0.519. The zero-order valence-corrected chi connectivity index (χ0v) is 18.9. The average molecular weight is 452 g/mol. The molecule has 1 N–H and O–H groups in total. The summed E-state index contributed by atoms with van der Waals surface area (Å²) in [6.45, 7) is 1.38. The molecule has 3 fully saturated rings. The summed E-state index contributed by atoms with van der Waals surface area (Å²) in [5.41, 5.74) is 2.07. The molecule has 0 aliphatic carbocycles. The molecular weight excluding hydrogens is 418 g/mol. The van der Waals surface area contributed by atoms with Gasteiger partial charge in [-0.05, 0) is 49.7 Å². The van der Waals surface area contributed by atoms with Gasteiger partial charge in [0.2, 0.25) is 5.91 Å². The first-order valence-electron chi connectivity index (χ1n) is 12.2. The third-order valence-corrected chi connectivity index (χ3v) is 6.79. The van der Waals surface area contributed by atoms with Gasteiger partial charge in [0.25, 0.3) is 0 Å². The zero-order valence-electron chi connectivity index (χ0n) is 18.9. The first kappa shape index (κ1) is 22.5. The van der Waals surface area contributed by atoms with Crippen molar-refractivity contribution in [2.75, 3.05) is 13.2 Å². The van der Waals surface area contributed by atoms with E-state index in [4.69, 9.17) is 18.9 Å². The van der Waals surface area contributed by atoms with Crippen molar-refractivity contribution < 1.29 is 23.7 Å². The van der Waals surface area contributed by atoms with Crippen LogP contribution in [0.15, 0.2) is 60.7 Å². The number of nitrogens with one attached hydrogen (secondary N) is 1. The van der Waals surface area contributed by atoms with Gasteiger partial charge in [0.15, 0.2) is 12.6 Å². The number of carbonyl (C=O) groups excluding carboxylic acids is 1. The molecule has 3 unspecified atom stereocenters. The Bertz CT molecular complexity index is 880. The van der Waals surface area contributed by atoms with E-state index in [0.717, 1.165) is 49.7 Å². The molecule has 33 heavy (non-hydrogen) atoms. The molecule has 6 atom stereocenters. The molecule has 2 aromatic carbocycles. The Morgan fingerprint density at radius 1 is 0.818 bits per heavy atom. The summed E-state index contributed by atoms with van der Waals surface area (Å²) in [5.74, 6) is -0.324. The second-order valence-corrected chi connectivity index (χ2v) is 9.09. The van der Waals surface area contributed by atoms with Crippen LogP contribution >= 0.6 is 0 Å². The van der Waals surface area contributed by atoms with Crippen molar-refractivity contribution in [3.8, 4) is 0 Å². The van der Waals surface area contributed by atoms with E-state index in [1.807, 2.05) is 36.4 Å². The summed E-state index contributed by atoms with van der Waals surface area (Å²) < 4.78 is 24.6. The van der Waals surface area contributed by atoms with Gasteiger partial charge in [-0.25, -0.2) is 0 Å². The maximum atomic E-state index is 13.3. The van der Waals surface area contributed by atoms with Crippen LogP contribution in [0.4, 0.5) is 0 Å². The second-order valence-electron chi connectivity index (χ2n) is 9.09. The molecule has 176 valence electrons. The van der Waals surface area contributed by atoms with E-state index in [2.05, 4.69) is 29.6 Å². The molecule has 1 amide bonds. The summed E-state index contributed by atoms with van der Waals surface area (Å²) in [6, 6.07) is 20.0. The molecule has 0 bridgehead atoms. The maximum absolute atomic E-state index is 13.3. The van der Waals surface area contributed by atoms with Crippen molar-refractivity contribution in [1.29, 1.82) is 0 Å². The fourth-order valence-corrected chi connectivity index (χ4v) is 5.13. The highest BCUT2D eigenvalue weighted by Crippen LogP contribution is 2.41. The number of hydrogen-bond acceptors (Lipinski definition) is 5. The normalized spacial score (nSPS) is 31.2. The summed E-state index contributed by atoms with van der Waals surface area (Å²) in [7, 11) is 0. The fourth-order valence-electron chi connectivity index (χ4n) is 5.13. The van der Waals surface area contributed by atoms with Gasteiger partial charge in [-0.3, -0.25) is 4.79 Å². The second kappa shape index (κ2) is 10.8. The molecule has 0 saturated carbocycles. The summed E-state index contributed by atoms with van der Waals surface area (Å²) in [6.07, 6.45) is 4.26. The van der Waals surface area contributed by atoms with Crippen LogP contribution in [0.1, 0.15) is 61.7 Å². The van der Waals surface area contributed by atoms with Gasteiger partial charge in [-0.1, -0.05) is 60.7 Å². The SMILES string of the molecule is O=C1N[C@@H]([C@@H](OC2CCCCO2)c2ccccc2)[C@@H](c2ccccc2)C1OC1CCCCO1. The van der Waals surface area contributed by atoms with Gasteiger partial charge in [-0.15, -0.1) is 0 Å². The van der Waals surface area contributed by atoms with E-state index in [0.29, 0.717) is 13.2 Å². The van der Waals surface area contributed by atoms with Crippen LogP contribution in [0.5, 0.6) is 0 Å². The number of carbonyl (C=O) groups is 1. The Morgan fingerprint density at radius 3 is 2.09 bits per heavy atom. The highest BCUT2D eigenvalue weighted by molar-refractivity contribution is 5.85. The lowest BCUT2D eigenvalue weighted by molar-refractivity contribution is -0.201. The van der Waals surface area contributed by atoms with E-state index >= 15 is 0 Å². The molecule has 6 nitrogen and oxygen atoms in total. The summed E-state index contributed by atoms with van der Waals surface area (Å²) >= 11 is 0. The predicted octanol–water partition coefficient (Wildman–Crippen LogP) is 4.46. The number of ether oxygens (including phenoxy) is 4. The molecular formula is C27H33NO5. The quantitative estimate of drug-likeness (QED) is 0.673. The van der Waals surface area contributed by atoms with Crippen LogP contribution in [-0.4, -0.2) is 43.8 Å². The summed E-state index contributed by atoms with van der Waals surface area (Å²) in [5, 5.41) is 3.23. The molecule has 0 radical (unpaired) electrons. The minimum atomic E-state index is -0.636. The third kappa shape index (κ3) is 5.30. The Morgan fingerprint density at radius 2 is 1.45 bits per heavy atom. The Labute approximate surface area is 195 Å². The number of benzene rings is 2. The molecule has 3 aliphatic rings. The summed E-state index contributed by atoms with van der Waals surface area (Å²) in [4.78, 5) is 13.3. The van der Waals surface area contributed by atoms with Crippen molar-refractivity contribution >= 4 is 5.91 Å². The van der Waals surface area contributed by atoms with Crippen LogP contribution in [0.25, 0.3) is 0 Å². The van der Waals surface area contributed by atoms with E-state index < -0.39 is 6.10 Å². The standard InChI is InChI=1S/C27H33NO5/c29-27-26(33-22-16-8-10-18-31-22)23(19-11-3-1-4-12-19)24(28-27)25(20-13-5-2-6-14-20)32-21-15-7-9-17-30-21/h1-6,11-14,21-26H,7-10,15-18H2,(H,28,29)/t21?,22?,23-,24-,25+,26?/m1/s1.